The van der Waals surface area contributed by atoms with E-state index in [4.69, 9.17) is 0 Å². The van der Waals surface area contributed by atoms with Gasteiger partial charge in [0.05, 0.1) is 18.5 Å². The number of nitrogens with one attached hydrogen (secondary N) is 1. The van der Waals surface area contributed by atoms with E-state index in [1.54, 1.807) is 36.3 Å². The van der Waals surface area contributed by atoms with Gasteiger partial charge in [0.1, 0.15) is 11.8 Å². The van der Waals surface area contributed by atoms with Gasteiger partial charge in [-0.15, -0.1) is 0 Å². The van der Waals surface area contributed by atoms with Crippen molar-refractivity contribution in [3.05, 3.63) is 65.7 Å². The molecule has 6 heteroatoms. The highest BCUT2D eigenvalue weighted by Crippen LogP contribution is 2.40. The number of aromatic hydroxyl groups is 1. The van der Waals surface area contributed by atoms with Gasteiger partial charge >= 0.3 is 0 Å². The molecule has 2 heterocycles. The van der Waals surface area contributed by atoms with E-state index in [2.05, 4.69) is 5.43 Å². The fraction of sp³-hybridized carbons (Fsp3) is 0.263. The van der Waals surface area contributed by atoms with E-state index in [1.807, 2.05) is 30.3 Å². The van der Waals surface area contributed by atoms with E-state index in [0.29, 0.717) is 6.54 Å². The highest BCUT2D eigenvalue weighted by atomic mass is 16.3. The number of hydrazine groups is 1. The Morgan fingerprint density at radius 3 is 2.36 bits per heavy atom. The highest BCUT2D eigenvalue weighted by Gasteiger charge is 2.57. The molecule has 0 radical (unpaired) electrons. The van der Waals surface area contributed by atoms with E-state index < -0.39 is 12.0 Å². The van der Waals surface area contributed by atoms with Gasteiger partial charge in [0.25, 0.3) is 0 Å². The molecule has 2 fully saturated rings. The number of phenols is 1. The predicted molar refractivity (Wildman–Crippen MR) is 91.0 cm³/mol. The number of hydrogen-bond donors (Lipinski definition) is 2. The van der Waals surface area contributed by atoms with Crippen LogP contribution in [0.15, 0.2) is 54.6 Å². The van der Waals surface area contributed by atoms with Gasteiger partial charge in [-0.2, -0.15) is 0 Å². The molecule has 0 bridgehead atoms. The van der Waals surface area contributed by atoms with Crippen molar-refractivity contribution in [2.45, 2.75) is 18.6 Å². The molecule has 0 saturated carbocycles. The van der Waals surface area contributed by atoms with Crippen LogP contribution in [0.2, 0.25) is 0 Å². The molecule has 128 valence electrons. The zero-order chi connectivity index (χ0) is 17.6. The Labute approximate surface area is 145 Å². The van der Waals surface area contributed by atoms with Gasteiger partial charge in [-0.3, -0.25) is 14.5 Å². The lowest BCUT2D eigenvalue weighted by molar-refractivity contribution is -0.142. The van der Waals surface area contributed by atoms with Gasteiger partial charge in [0.2, 0.25) is 11.8 Å². The summed E-state index contributed by atoms with van der Waals surface area (Å²) in [5, 5.41) is 11.2. The van der Waals surface area contributed by atoms with Gasteiger partial charge in [-0.05, 0) is 23.3 Å². The molecular weight excluding hydrogens is 318 g/mol. The van der Waals surface area contributed by atoms with Crippen LogP contribution in [0.5, 0.6) is 5.75 Å². The summed E-state index contributed by atoms with van der Waals surface area (Å²) in [6.07, 6.45) is 0. The summed E-state index contributed by atoms with van der Waals surface area (Å²) in [5.41, 5.74) is 5.03. The first-order chi connectivity index (χ1) is 12.1. The van der Waals surface area contributed by atoms with Crippen molar-refractivity contribution < 1.29 is 14.7 Å². The smallest absolute Gasteiger partial charge is 0.249 e. The SMILES string of the molecule is CN1NC(c2ccc(O)cc2)C2C(=O)N(Cc3ccccc3)C(=O)C21. The normalized spacial score (nSPS) is 26.3. The predicted octanol–water partition coefficient (Wildman–Crippen LogP) is 1.44. The number of benzene rings is 2. The average molecular weight is 337 g/mol. The molecule has 2 saturated heterocycles. The number of fused-ring (bicyclic) bond motifs is 1. The molecule has 3 atom stereocenters. The van der Waals surface area contributed by atoms with Crippen LogP contribution in [-0.2, 0) is 16.1 Å². The lowest BCUT2D eigenvalue weighted by Gasteiger charge is -2.22. The van der Waals surface area contributed by atoms with Gasteiger partial charge in [-0.1, -0.05) is 42.5 Å². The van der Waals surface area contributed by atoms with Crippen molar-refractivity contribution in [1.82, 2.24) is 15.3 Å². The van der Waals surface area contributed by atoms with E-state index in [-0.39, 0.29) is 23.6 Å². The molecule has 4 rings (SSSR count). The molecule has 3 unspecified atom stereocenters. The Hall–Kier alpha value is -2.70. The zero-order valence-corrected chi connectivity index (χ0v) is 13.8. The van der Waals surface area contributed by atoms with E-state index >= 15 is 0 Å². The second-order valence-corrected chi connectivity index (χ2v) is 6.53. The van der Waals surface area contributed by atoms with Crippen LogP contribution in [0, 0.1) is 5.92 Å². The molecule has 2 aromatic rings. The van der Waals surface area contributed by atoms with Crippen molar-refractivity contribution in [2.24, 2.45) is 5.92 Å². The number of carbonyl (C=O) groups excluding carboxylic acids is 2. The Morgan fingerprint density at radius 2 is 1.68 bits per heavy atom. The molecule has 0 aliphatic carbocycles. The minimum atomic E-state index is -0.505. The van der Waals surface area contributed by atoms with Crippen molar-refractivity contribution in [2.75, 3.05) is 7.05 Å². The molecule has 0 aromatic heterocycles. The molecule has 25 heavy (non-hydrogen) atoms. The van der Waals surface area contributed by atoms with E-state index in [9.17, 15) is 14.7 Å². The van der Waals surface area contributed by atoms with Crippen molar-refractivity contribution >= 4 is 11.8 Å². The first kappa shape index (κ1) is 15.8. The number of carbonyl (C=O) groups is 2. The number of amides is 2. The van der Waals surface area contributed by atoms with Crippen LogP contribution in [0.3, 0.4) is 0 Å². The summed E-state index contributed by atoms with van der Waals surface area (Å²) >= 11 is 0. The minimum Gasteiger partial charge on any atom is -0.508 e. The molecule has 0 spiro atoms. The lowest BCUT2D eigenvalue weighted by Crippen LogP contribution is -2.42. The zero-order valence-electron chi connectivity index (χ0n) is 13.8. The number of likely N-dealkylation sites (N-methyl/N-ethyl adjacent to an activating group) is 1. The van der Waals surface area contributed by atoms with Crippen molar-refractivity contribution in [1.29, 1.82) is 0 Å². The maximum absolute atomic E-state index is 13.0. The van der Waals surface area contributed by atoms with Crippen LogP contribution in [0.25, 0.3) is 0 Å². The van der Waals surface area contributed by atoms with E-state index in [0.717, 1.165) is 11.1 Å². The van der Waals surface area contributed by atoms with Crippen LogP contribution in [0.4, 0.5) is 0 Å². The standard InChI is InChI=1S/C19H19N3O3/c1-21-17-15(16(20-21)13-7-9-14(23)10-8-13)18(24)22(19(17)25)11-12-5-3-2-4-6-12/h2-10,15-17,20,23H,11H2,1H3. The van der Waals surface area contributed by atoms with Gasteiger partial charge < -0.3 is 5.11 Å². The third kappa shape index (κ3) is 2.59. The molecule has 6 nitrogen and oxygen atoms in total. The first-order valence-electron chi connectivity index (χ1n) is 8.23. The number of phenolic OH excluding ortho intramolecular Hbond substituents is 1. The Bertz CT molecular complexity index is 806. The third-order valence-electron chi connectivity index (χ3n) is 4.97. The first-order valence-corrected chi connectivity index (χ1v) is 8.23. The summed E-state index contributed by atoms with van der Waals surface area (Å²) in [6, 6.07) is 15.5. The Kier molecular flexibility index (Phi) is 3.78. The largest absolute Gasteiger partial charge is 0.508 e. The third-order valence-corrected chi connectivity index (χ3v) is 4.97. The van der Waals surface area contributed by atoms with Gasteiger partial charge in [-0.25, -0.2) is 10.4 Å². The van der Waals surface area contributed by atoms with Gasteiger partial charge in [0, 0.05) is 7.05 Å². The van der Waals surface area contributed by atoms with E-state index in [1.165, 1.54) is 4.90 Å². The Morgan fingerprint density at radius 1 is 1.00 bits per heavy atom. The van der Waals surface area contributed by atoms with Crippen LogP contribution < -0.4 is 5.43 Å². The summed E-state index contributed by atoms with van der Waals surface area (Å²) in [4.78, 5) is 27.2. The average Bonchev–Trinajstić information content (AvgIpc) is 3.08. The second kappa shape index (κ2) is 5.98. The van der Waals surface area contributed by atoms with Crippen LogP contribution >= 0.6 is 0 Å². The highest BCUT2D eigenvalue weighted by molar-refractivity contribution is 6.07. The maximum Gasteiger partial charge on any atom is 0.249 e. The summed E-state index contributed by atoms with van der Waals surface area (Å²) in [5.74, 6) is -0.624. The fourth-order valence-corrected chi connectivity index (χ4v) is 3.73. The fourth-order valence-electron chi connectivity index (χ4n) is 3.73. The van der Waals surface area contributed by atoms with Gasteiger partial charge in [0.15, 0.2) is 0 Å². The van der Waals surface area contributed by atoms with Crippen LogP contribution in [-0.4, -0.2) is 39.9 Å². The Balaban J connectivity index is 1.63. The molecule has 2 aromatic carbocycles. The summed E-state index contributed by atoms with van der Waals surface area (Å²) < 4.78 is 0. The molecule has 2 amide bonds. The van der Waals surface area contributed by atoms with Crippen molar-refractivity contribution in [3.8, 4) is 5.75 Å². The topological polar surface area (TPSA) is 72.9 Å². The minimum absolute atomic E-state index is 0.159. The molecule has 2 aliphatic heterocycles. The number of hydrogen-bond acceptors (Lipinski definition) is 5. The number of rotatable bonds is 3. The maximum atomic E-state index is 13.0. The molecule has 2 aliphatic rings. The van der Waals surface area contributed by atoms with Crippen LogP contribution in [0.1, 0.15) is 17.2 Å². The number of imide groups is 1. The number of nitrogens with zero attached hydrogens (tertiary/aromatic N) is 2. The quantitative estimate of drug-likeness (QED) is 0.829. The van der Waals surface area contributed by atoms with Crippen molar-refractivity contribution in [3.63, 3.8) is 0 Å². The molecule has 2 N–H and O–H groups in total. The molecular formula is C19H19N3O3. The summed E-state index contributed by atoms with van der Waals surface area (Å²) in [7, 11) is 1.79. The second-order valence-electron chi connectivity index (χ2n) is 6.53. The number of likely N-dealkylation sites (tertiary alicyclic amines) is 1. The summed E-state index contributed by atoms with van der Waals surface area (Å²) in [6.45, 7) is 0.293. The lowest BCUT2D eigenvalue weighted by atomic mass is 9.91. The monoisotopic (exact) mass is 337 g/mol.